The van der Waals surface area contributed by atoms with Gasteiger partial charge in [0.15, 0.2) is 0 Å². The minimum absolute atomic E-state index is 0.233. The van der Waals surface area contributed by atoms with E-state index in [9.17, 15) is 9.59 Å². The largest absolute Gasteiger partial charge is 0.335 e. The first-order valence-electron chi connectivity index (χ1n) is 4.98. The van der Waals surface area contributed by atoms with Crippen LogP contribution in [0.2, 0.25) is 5.02 Å². The molecule has 0 fully saturated rings. The van der Waals surface area contributed by atoms with E-state index in [0.29, 0.717) is 16.3 Å². The summed E-state index contributed by atoms with van der Waals surface area (Å²) in [6, 6.07) is 6.70. The van der Waals surface area contributed by atoms with Crippen molar-refractivity contribution in [3.8, 4) is 0 Å². The van der Waals surface area contributed by atoms with Gasteiger partial charge < -0.3 is 10.6 Å². The second-order valence-corrected chi connectivity index (χ2v) is 4.16. The van der Waals surface area contributed by atoms with E-state index < -0.39 is 6.17 Å². The number of nitrogens with one attached hydrogen (secondary N) is 2. The zero-order chi connectivity index (χ0) is 12.8. The zero-order valence-corrected chi connectivity index (χ0v) is 10.9. The van der Waals surface area contributed by atoms with Gasteiger partial charge in [-0.3, -0.25) is 9.59 Å². The maximum absolute atomic E-state index is 11.8. The fourth-order valence-electron chi connectivity index (χ4n) is 1.25. The zero-order valence-electron chi connectivity index (χ0n) is 9.24. The Bertz CT molecular complexity index is 426. The lowest BCUT2D eigenvalue weighted by Gasteiger charge is -2.17. The molecule has 1 atom stereocenters. The molecular weight excluding hydrogens is 260 g/mol. The Morgan fingerprint density at radius 3 is 2.53 bits per heavy atom. The molecule has 0 spiro atoms. The first-order valence-corrected chi connectivity index (χ1v) is 5.99. The van der Waals surface area contributed by atoms with Crippen molar-refractivity contribution < 1.29 is 9.59 Å². The van der Waals surface area contributed by atoms with Crippen LogP contribution in [0.25, 0.3) is 0 Å². The number of carbonyl (C=O) groups is 2. The molecule has 0 saturated heterocycles. The third-order valence-corrected chi connectivity index (χ3v) is 2.68. The molecule has 1 aromatic rings. The molecule has 2 amide bonds. The first kappa shape index (κ1) is 13.9. The number of carbonyl (C=O) groups excluding carboxylic acids is 2. The minimum atomic E-state index is -0.514. The summed E-state index contributed by atoms with van der Waals surface area (Å²) >= 11 is 9.92. The van der Waals surface area contributed by atoms with Crippen molar-refractivity contribution >= 4 is 36.0 Å². The van der Waals surface area contributed by atoms with Crippen LogP contribution >= 0.6 is 24.2 Å². The molecule has 0 unspecified atom stereocenters. The van der Waals surface area contributed by atoms with Gasteiger partial charge >= 0.3 is 0 Å². The normalized spacial score (nSPS) is 11.7. The van der Waals surface area contributed by atoms with Gasteiger partial charge in [-0.25, -0.2) is 0 Å². The predicted molar refractivity (Wildman–Crippen MR) is 70.4 cm³/mol. The van der Waals surface area contributed by atoms with Gasteiger partial charge in [0.1, 0.15) is 6.17 Å². The Hall–Kier alpha value is -1.20. The van der Waals surface area contributed by atoms with E-state index in [2.05, 4.69) is 23.3 Å². The van der Waals surface area contributed by atoms with Gasteiger partial charge in [-0.1, -0.05) is 23.7 Å². The first-order chi connectivity index (χ1) is 8.04. The lowest BCUT2D eigenvalue weighted by atomic mass is 10.2. The second-order valence-electron chi connectivity index (χ2n) is 3.39. The van der Waals surface area contributed by atoms with Crippen molar-refractivity contribution in [3.05, 3.63) is 34.9 Å². The Labute approximate surface area is 110 Å². The van der Waals surface area contributed by atoms with Crippen LogP contribution in [0.1, 0.15) is 17.3 Å². The molecule has 0 aliphatic rings. The molecular formula is C11H13ClN2O2S. The number of rotatable bonds is 4. The highest BCUT2D eigenvalue weighted by Crippen LogP contribution is 2.14. The quantitative estimate of drug-likeness (QED) is 0.574. The van der Waals surface area contributed by atoms with E-state index in [1.54, 1.807) is 24.3 Å². The summed E-state index contributed by atoms with van der Waals surface area (Å²) in [6.45, 7) is 1.37. The van der Waals surface area contributed by atoms with E-state index in [1.165, 1.54) is 6.92 Å². The van der Waals surface area contributed by atoms with E-state index >= 15 is 0 Å². The molecule has 0 aliphatic carbocycles. The van der Waals surface area contributed by atoms with Gasteiger partial charge in [-0.15, -0.1) is 0 Å². The second kappa shape index (κ2) is 6.51. The van der Waals surface area contributed by atoms with Crippen molar-refractivity contribution in [3.63, 3.8) is 0 Å². The topological polar surface area (TPSA) is 58.2 Å². The summed E-state index contributed by atoms with van der Waals surface area (Å²) in [5.74, 6) is -0.276. The molecule has 17 heavy (non-hydrogen) atoms. The van der Waals surface area contributed by atoms with Crippen LogP contribution in [-0.4, -0.2) is 23.7 Å². The van der Waals surface area contributed by atoms with Crippen LogP contribution < -0.4 is 10.6 Å². The van der Waals surface area contributed by atoms with Crippen molar-refractivity contribution in [2.24, 2.45) is 0 Å². The predicted octanol–water partition coefficient (Wildman–Crippen LogP) is 1.46. The van der Waals surface area contributed by atoms with Crippen molar-refractivity contribution in [2.75, 3.05) is 5.75 Å². The molecule has 0 saturated carbocycles. The number of amides is 2. The molecule has 0 bridgehead atoms. The molecule has 0 aliphatic heterocycles. The van der Waals surface area contributed by atoms with E-state index in [-0.39, 0.29) is 11.8 Å². The fraction of sp³-hybridized carbons (Fsp3) is 0.273. The highest BCUT2D eigenvalue weighted by Gasteiger charge is 2.14. The SMILES string of the molecule is CC(=O)N[C@@H](CS)NC(=O)c1ccccc1Cl. The van der Waals surface area contributed by atoms with E-state index in [0.717, 1.165) is 0 Å². The summed E-state index contributed by atoms with van der Waals surface area (Å²) in [5.41, 5.74) is 0.367. The van der Waals surface area contributed by atoms with Crippen molar-refractivity contribution in [2.45, 2.75) is 13.1 Å². The third-order valence-electron chi connectivity index (χ3n) is 1.98. The molecule has 0 radical (unpaired) electrons. The monoisotopic (exact) mass is 272 g/mol. The number of halogens is 1. The highest BCUT2D eigenvalue weighted by atomic mass is 35.5. The van der Waals surface area contributed by atoms with E-state index in [1.807, 2.05) is 0 Å². The van der Waals surface area contributed by atoms with Gasteiger partial charge in [0.05, 0.1) is 10.6 Å². The van der Waals surface area contributed by atoms with Crippen LogP contribution in [-0.2, 0) is 4.79 Å². The van der Waals surface area contributed by atoms with Crippen molar-refractivity contribution in [1.29, 1.82) is 0 Å². The molecule has 6 heteroatoms. The average Bonchev–Trinajstić information content (AvgIpc) is 2.27. The van der Waals surface area contributed by atoms with Gasteiger partial charge in [0.2, 0.25) is 5.91 Å². The summed E-state index contributed by atoms with van der Waals surface area (Å²) in [7, 11) is 0. The standard InChI is InChI=1S/C11H13ClN2O2S/c1-7(15)13-10(6-17)14-11(16)8-4-2-3-5-9(8)12/h2-5,10,17H,6H2,1H3,(H,13,15)(H,14,16)/t10-/m1/s1. The summed E-state index contributed by atoms with van der Waals surface area (Å²) in [5, 5.41) is 5.55. The van der Waals surface area contributed by atoms with Gasteiger partial charge in [-0.05, 0) is 12.1 Å². The molecule has 2 N–H and O–H groups in total. The molecule has 0 heterocycles. The number of thiol groups is 1. The van der Waals surface area contributed by atoms with Gasteiger partial charge in [-0.2, -0.15) is 12.6 Å². The average molecular weight is 273 g/mol. The number of hydrogen-bond acceptors (Lipinski definition) is 3. The van der Waals surface area contributed by atoms with Crippen molar-refractivity contribution in [1.82, 2.24) is 10.6 Å². The van der Waals surface area contributed by atoms with Crippen LogP contribution in [0, 0.1) is 0 Å². The molecule has 4 nitrogen and oxygen atoms in total. The lowest BCUT2D eigenvalue weighted by Crippen LogP contribution is -2.48. The molecule has 1 rings (SSSR count). The fourth-order valence-corrected chi connectivity index (χ4v) is 1.66. The Morgan fingerprint density at radius 2 is 2.00 bits per heavy atom. The van der Waals surface area contributed by atoms with Crippen LogP contribution in [0.4, 0.5) is 0 Å². The van der Waals surface area contributed by atoms with E-state index in [4.69, 9.17) is 11.6 Å². The van der Waals surface area contributed by atoms with Gasteiger partial charge in [0.25, 0.3) is 5.91 Å². The minimum Gasteiger partial charge on any atom is -0.335 e. The third kappa shape index (κ3) is 4.28. The number of hydrogen-bond donors (Lipinski definition) is 3. The summed E-state index contributed by atoms with van der Waals surface area (Å²) in [4.78, 5) is 22.7. The number of benzene rings is 1. The Balaban J connectivity index is 2.71. The Kier molecular flexibility index (Phi) is 5.31. The smallest absolute Gasteiger partial charge is 0.254 e. The van der Waals surface area contributed by atoms with Crippen LogP contribution in [0.3, 0.4) is 0 Å². The molecule has 92 valence electrons. The van der Waals surface area contributed by atoms with Crippen LogP contribution in [0.15, 0.2) is 24.3 Å². The van der Waals surface area contributed by atoms with Crippen LogP contribution in [0.5, 0.6) is 0 Å². The summed E-state index contributed by atoms with van der Waals surface area (Å²) < 4.78 is 0. The lowest BCUT2D eigenvalue weighted by molar-refractivity contribution is -0.119. The molecule has 0 aromatic heterocycles. The molecule has 1 aromatic carbocycles. The maximum atomic E-state index is 11.8. The highest BCUT2D eigenvalue weighted by molar-refractivity contribution is 7.80. The van der Waals surface area contributed by atoms with Gasteiger partial charge in [0, 0.05) is 12.7 Å². The maximum Gasteiger partial charge on any atom is 0.254 e. The Morgan fingerprint density at radius 1 is 1.35 bits per heavy atom. The summed E-state index contributed by atoms with van der Waals surface area (Å²) in [6.07, 6.45) is -0.514.